The second-order valence-corrected chi connectivity index (χ2v) is 11.5. The van der Waals surface area contributed by atoms with Crippen LogP contribution in [0.15, 0.2) is 187 Å². The maximum Gasteiger partial charge on any atom is 0.136 e. The fourth-order valence-electron chi connectivity index (χ4n) is 6.85. The van der Waals surface area contributed by atoms with Gasteiger partial charge >= 0.3 is 0 Å². The SMILES string of the molecule is [2H]c1c([2H])c([2H])c(-c2c3ccccc3c(-c3ccc(C4=NC5C=CC=CC5N4c4c([2H])c([2H])c([2H])c([2H])c4[2H])cc3)c3ccc(-c4ccccc4)cc23)c([2H])c1[2H]. The number of nitrogens with zero attached hydrogens (tertiary/aromatic N) is 2. The zero-order chi connectivity index (χ0) is 39.9. The Balaban J connectivity index is 1.27. The van der Waals surface area contributed by atoms with Gasteiger partial charge in [0.1, 0.15) is 5.84 Å². The van der Waals surface area contributed by atoms with Gasteiger partial charge in [0.2, 0.25) is 0 Å². The van der Waals surface area contributed by atoms with E-state index in [2.05, 4.69) is 0 Å². The Morgan fingerprint density at radius 3 is 1.83 bits per heavy atom. The van der Waals surface area contributed by atoms with Crippen LogP contribution in [-0.2, 0) is 0 Å². The highest BCUT2D eigenvalue weighted by Crippen LogP contribution is 2.45. The summed E-state index contributed by atoms with van der Waals surface area (Å²) in [4.78, 5) is 6.75. The second kappa shape index (κ2) is 11.4. The molecule has 1 aliphatic carbocycles. The van der Waals surface area contributed by atoms with Gasteiger partial charge in [-0.2, -0.15) is 0 Å². The van der Waals surface area contributed by atoms with Crippen molar-refractivity contribution in [1.29, 1.82) is 0 Å². The van der Waals surface area contributed by atoms with E-state index in [9.17, 15) is 0 Å². The number of rotatable bonds is 5. The lowest BCUT2D eigenvalue weighted by atomic mass is 9.84. The van der Waals surface area contributed by atoms with Gasteiger partial charge in [-0.25, -0.2) is 0 Å². The zero-order valence-corrected chi connectivity index (χ0v) is 25.1. The van der Waals surface area contributed by atoms with Crippen LogP contribution in [0.1, 0.15) is 19.3 Å². The van der Waals surface area contributed by atoms with Crippen molar-refractivity contribution in [2.24, 2.45) is 4.99 Å². The van der Waals surface area contributed by atoms with Crippen molar-refractivity contribution >= 4 is 33.1 Å². The van der Waals surface area contributed by atoms with Gasteiger partial charge in [-0.05, 0) is 73.1 Å². The quantitative estimate of drug-likeness (QED) is 0.177. The number of benzene rings is 7. The molecule has 0 amide bonds. The normalized spacial score (nSPS) is 19.8. The van der Waals surface area contributed by atoms with E-state index in [0.29, 0.717) is 17.0 Å². The Bertz CT molecular complexity index is 2860. The van der Waals surface area contributed by atoms with Gasteiger partial charge in [-0.15, -0.1) is 0 Å². The van der Waals surface area contributed by atoms with Gasteiger partial charge < -0.3 is 4.90 Å². The Morgan fingerprint density at radius 1 is 0.489 bits per heavy atom. The first-order chi connectivity index (χ1) is 27.5. The van der Waals surface area contributed by atoms with Crippen molar-refractivity contribution in [1.82, 2.24) is 0 Å². The standard InChI is InChI=1S/C45H32N2/c1-4-14-31(15-5-1)35-28-29-39-40(30-35)44(32-16-6-2-7-17-32)38-21-11-10-20-37(38)43(39)33-24-26-34(27-25-33)45-46-41-22-12-13-23-42(41)47(45)36-18-8-3-9-19-36/h1-30,41-42H/i2D,3D,6D,7D,8D,9D,16D,17D,18D,19D. The van der Waals surface area contributed by atoms with Crippen molar-refractivity contribution in [3.63, 3.8) is 0 Å². The molecule has 222 valence electrons. The fourth-order valence-corrected chi connectivity index (χ4v) is 6.85. The Labute approximate surface area is 289 Å². The van der Waals surface area contributed by atoms with E-state index < -0.39 is 42.3 Å². The molecule has 0 spiro atoms. The third-order valence-corrected chi connectivity index (χ3v) is 8.92. The molecule has 0 saturated heterocycles. The van der Waals surface area contributed by atoms with E-state index in [1.807, 2.05) is 121 Å². The summed E-state index contributed by atoms with van der Waals surface area (Å²) in [6.45, 7) is 0. The van der Waals surface area contributed by atoms with Crippen molar-refractivity contribution in [2.75, 3.05) is 4.90 Å². The lowest BCUT2D eigenvalue weighted by Gasteiger charge is -2.29. The third kappa shape index (κ3) is 4.69. The smallest absolute Gasteiger partial charge is 0.136 e. The number of para-hydroxylation sites is 1. The molecule has 2 aliphatic rings. The molecule has 2 unspecified atom stereocenters. The van der Waals surface area contributed by atoms with Crippen LogP contribution in [0.3, 0.4) is 0 Å². The van der Waals surface area contributed by atoms with Gasteiger partial charge in [0.05, 0.1) is 25.8 Å². The molecule has 2 heteroatoms. The van der Waals surface area contributed by atoms with Crippen LogP contribution in [-0.4, -0.2) is 17.9 Å². The molecule has 9 rings (SSSR count). The van der Waals surface area contributed by atoms with Gasteiger partial charge in [0, 0.05) is 11.3 Å². The fraction of sp³-hybridized carbons (Fsp3) is 0.0444. The summed E-state index contributed by atoms with van der Waals surface area (Å²) in [7, 11) is 0. The highest BCUT2D eigenvalue weighted by molar-refractivity contribution is 6.22. The molecule has 47 heavy (non-hydrogen) atoms. The summed E-state index contributed by atoms with van der Waals surface area (Å²) in [5, 5.41) is 3.10. The number of fused-ring (bicyclic) bond motifs is 3. The largest absolute Gasteiger partial charge is 0.317 e. The number of hydrogen-bond donors (Lipinski definition) is 0. The van der Waals surface area contributed by atoms with Gasteiger partial charge in [-0.3, -0.25) is 4.99 Å². The number of allylic oxidation sites excluding steroid dienone is 2. The van der Waals surface area contributed by atoms with Crippen LogP contribution >= 0.6 is 0 Å². The molecule has 1 heterocycles. The Morgan fingerprint density at radius 2 is 1.09 bits per heavy atom. The first-order valence-corrected chi connectivity index (χ1v) is 15.5. The molecule has 7 aromatic carbocycles. The Hall–Kier alpha value is -5.99. The number of aliphatic imine (C=N–C) groups is 1. The predicted octanol–water partition coefficient (Wildman–Crippen LogP) is 11.1. The van der Waals surface area contributed by atoms with E-state index in [4.69, 9.17) is 18.7 Å². The highest BCUT2D eigenvalue weighted by Gasteiger charge is 2.35. The topological polar surface area (TPSA) is 15.6 Å². The van der Waals surface area contributed by atoms with Gasteiger partial charge in [-0.1, -0.05) is 164 Å². The summed E-state index contributed by atoms with van der Waals surface area (Å²) >= 11 is 0. The molecule has 2 nitrogen and oxygen atoms in total. The molecule has 0 saturated carbocycles. The maximum atomic E-state index is 9.01. The second-order valence-electron chi connectivity index (χ2n) is 11.5. The molecular weight excluding hydrogens is 569 g/mol. The number of amidine groups is 1. The number of hydrogen-bond acceptors (Lipinski definition) is 2. The summed E-state index contributed by atoms with van der Waals surface area (Å²) in [5.41, 5.74) is 5.05. The maximum absolute atomic E-state index is 9.01. The van der Waals surface area contributed by atoms with E-state index in [0.717, 1.165) is 43.8 Å². The number of anilines is 1. The average molecular weight is 611 g/mol. The van der Waals surface area contributed by atoms with Crippen LogP contribution < -0.4 is 4.90 Å². The lowest BCUT2D eigenvalue weighted by molar-refractivity contribution is 0.739. The molecule has 1 aliphatic heterocycles. The van der Waals surface area contributed by atoms with Crippen LogP contribution in [0.2, 0.25) is 0 Å². The molecule has 7 aromatic rings. The van der Waals surface area contributed by atoms with Crippen LogP contribution in [0.4, 0.5) is 5.69 Å². The van der Waals surface area contributed by atoms with Gasteiger partial charge in [0.15, 0.2) is 0 Å². The van der Waals surface area contributed by atoms with Crippen LogP contribution in [0, 0.1) is 0 Å². The van der Waals surface area contributed by atoms with E-state index in [-0.39, 0.29) is 41.5 Å². The van der Waals surface area contributed by atoms with E-state index >= 15 is 0 Å². The molecule has 2 atom stereocenters. The summed E-state index contributed by atoms with van der Waals surface area (Å²) < 4.78 is 86.0. The average Bonchev–Trinajstić information content (AvgIpc) is 3.62. The van der Waals surface area contributed by atoms with Crippen LogP contribution in [0.5, 0.6) is 0 Å². The van der Waals surface area contributed by atoms with Crippen molar-refractivity contribution in [3.05, 3.63) is 187 Å². The highest BCUT2D eigenvalue weighted by atomic mass is 15.3. The summed E-state index contributed by atoms with van der Waals surface area (Å²) in [6, 6.07) is 27.0. The minimum Gasteiger partial charge on any atom is -0.317 e. The first kappa shape index (κ1) is 18.9. The van der Waals surface area contributed by atoms with Crippen molar-refractivity contribution in [3.8, 4) is 33.4 Å². The molecule has 0 aromatic heterocycles. The minimum atomic E-state index is -0.459. The minimum absolute atomic E-state index is 0.0609. The first-order valence-electron chi connectivity index (χ1n) is 20.5. The van der Waals surface area contributed by atoms with E-state index in [1.54, 1.807) is 4.90 Å². The van der Waals surface area contributed by atoms with Crippen LogP contribution in [0.25, 0.3) is 54.9 Å². The van der Waals surface area contributed by atoms with Gasteiger partial charge in [0.25, 0.3) is 0 Å². The lowest BCUT2D eigenvalue weighted by Crippen LogP contribution is -2.39. The van der Waals surface area contributed by atoms with E-state index in [1.165, 1.54) is 0 Å². The molecule has 0 N–H and O–H groups in total. The van der Waals surface area contributed by atoms with Crippen molar-refractivity contribution in [2.45, 2.75) is 12.1 Å². The molecular formula is C45H32N2. The summed E-state index contributed by atoms with van der Waals surface area (Å²) in [6.07, 6.45) is 7.63. The molecule has 0 fully saturated rings. The molecule has 0 bridgehead atoms. The zero-order valence-electron chi connectivity index (χ0n) is 35.1. The predicted molar refractivity (Wildman–Crippen MR) is 199 cm³/mol. The monoisotopic (exact) mass is 610 g/mol. The molecule has 0 radical (unpaired) electrons. The van der Waals surface area contributed by atoms with Crippen molar-refractivity contribution < 1.29 is 13.7 Å². The Kier molecular flexibility index (Phi) is 4.58. The summed E-state index contributed by atoms with van der Waals surface area (Å²) in [5.74, 6) is 0.477. The third-order valence-electron chi connectivity index (χ3n) is 8.92.